The van der Waals surface area contributed by atoms with E-state index < -0.39 is 0 Å². The van der Waals surface area contributed by atoms with Crippen LogP contribution < -0.4 is 113 Å². The Morgan fingerprint density at radius 2 is 0.969 bits per heavy atom. The number of carbonyl (C=O) groups is 1. The molecule has 64 heavy (non-hydrogen) atoms. The van der Waals surface area contributed by atoms with Gasteiger partial charge in [-0.25, -0.2) is 0 Å². The summed E-state index contributed by atoms with van der Waals surface area (Å²) in [5, 5.41) is 36.0. The molecule has 2 aliphatic carbocycles. The number of aliphatic hydroxyl groups excluding tert-OH is 2. The molecule has 0 radical (unpaired) electrons. The van der Waals surface area contributed by atoms with Gasteiger partial charge in [-0.05, 0) is 143 Å². The smallest absolute Gasteiger partial charge is 1.00 e. The fourth-order valence-electron chi connectivity index (χ4n) is 8.54. The number of rotatable bonds is 27. The second-order valence-electron chi connectivity index (χ2n) is 17.0. The van der Waals surface area contributed by atoms with E-state index in [1.54, 1.807) is 0 Å². The summed E-state index contributed by atoms with van der Waals surface area (Å²) >= 11 is 3.34. The molecule has 12 heteroatoms. The zero-order chi connectivity index (χ0) is 45.0. The molecule has 0 amide bonds. The summed E-state index contributed by atoms with van der Waals surface area (Å²) in [4.78, 5) is 11.2. The van der Waals surface area contributed by atoms with E-state index in [-0.39, 0.29) is 118 Å². The zero-order valence-electron chi connectivity index (χ0n) is 41.6. The first-order valence-electron chi connectivity index (χ1n) is 24.3. The number of carbonyl (C=O) groups excluding carboxylic acids is 1. The van der Waals surface area contributed by atoms with Crippen LogP contribution in [0.3, 0.4) is 0 Å². The van der Waals surface area contributed by atoms with E-state index in [0.717, 1.165) is 73.5 Å². The van der Waals surface area contributed by atoms with Crippen molar-refractivity contribution < 1.29 is 139 Å². The fraction of sp³-hybridized carbons (Fsp3) is 0.750. The summed E-state index contributed by atoms with van der Waals surface area (Å²) in [5.41, 5.74) is 2.93. The van der Waals surface area contributed by atoms with Crippen LogP contribution in [0, 0.1) is 11.8 Å². The summed E-state index contributed by atoms with van der Waals surface area (Å²) in [6.07, 6.45) is 36.9. The van der Waals surface area contributed by atoms with Gasteiger partial charge in [0.05, 0.1) is 6.61 Å². The number of aromatic hydroxyl groups is 1. The van der Waals surface area contributed by atoms with Crippen molar-refractivity contribution in [2.24, 2.45) is 11.8 Å². The average molecular weight is 1050 g/mol. The molecule has 2 fully saturated rings. The van der Waals surface area contributed by atoms with Crippen LogP contribution in [0.4, 0.5) is 0 Å². The minimum Gasteiger partial charge on any atom is -1.00 e. The number of hydrogen-bond donors (Lipinski definition) is 3. The van der Waals surface area contributed by atoms with Crippen LogP contribution in [0.1, 0.15) is 225 Å². The first-order chi connectivity index (χ1) is 30.0. The van der Waals surface area contributed by atoms with Crippen molar-refractivity contribution in [3.05, 3.63) is 59.7 Å². The largest absolute Gasteiger partial charge is 1.00 e. The van der Waals surface area contributed by atoms with E-state index in [1.807, 2.05) is 12.1 Å². The van der Waals surface area contributed by atoms with Crippen molar-refractivity contribution >= 4 is 40.3 Å². The third-order valence-corrected chi connectivity index (χ3v) is 12.8. The molecule has 0 aliphatic heterocycles. The van der Waals surface area contributed by atoms with Gasteiger partial charge in [0.25, 0.3) is 6.47 Å². The number of benzene rings is 2. The van der Waals surface area contributed by atoms with Gasteiger partial charge in [-0.1, -0.05) is 158 Å². The number of ether oxygens (including phenoxy) is 1. The fourth-order valence-corrected chi connectivity index (χ4v) is 8.94. The van der Waals surface area contributed by atoms with Crippen molar-refractivity contribution in [2.75, 3.05) is 25.2 Å². The Morgan fingerprint density at radius 1 is 0.609 bits per heavy atom. The number of aliphatic hydroxyl groups is 2. The molecule has 2 aliphatic rings. The maximum Gasteiger partial charge on any atom is 1.00 e. The average Bonchev–Trinajstić information content (AvgIpc) is 3.31. The van der Waals surface area contributed by atoms with Crippen molar-refractivity contribution in [2.45, 2.75) is 213 Å². The van der Waals surface area contributed by atoms with E-state index in [9.17, 15) is 5.11 Å². The van der Waals surface area contributed by atoms with Crippen molar-refractivity contribution in [1.82, 2.24) is 0 Å². The predicted molar refractivity (Wildman–Crippen MR) is 276 cm³/mol. The van der Waals surface area contributed by atoms with Crippen LogP contribution >= 0.6 is 33.8 Å². The Kier molecular flexibility index (Phi) is 63.4. The topological polar surface area (TPSA) is 119 Å². The van der Waals surface area contributed by atoms with Crippen molar-refractivity contribution in [3.8, 4) is 11.5 Å². The summed E-state index contributed by atoms with van der Waals surface area (Å²) in [6.45, 7) is 5.84. The molecule has 4 rings (SSSR count). The number of halogens is 1. The Hall–Kier alpha value is 2.00. The molecular formula is C52H95BrK2O7P2. The number of hydrogen-bond acceptors (Lipinski definition) is 7. The zero-order valence-corrected chi connectivity index (χ0v) is 50.8. The maximum atomic E-state index is 9.36. The van der Waals surface area contributed by atoms with Gasteiger partial charge in [-0.15, -0.1) is 17.9 Å². The van der Waals surface area contributed by atoms with Crippen LogP contribution in [0.15, 0.2) is 48.5 Å². The van der Waals surface area contributed by atoms with Crippen LogP contribution in [0.5, 0.6) is 11.5 Å². The van der Waals surface area contributed by atoms with Gasteiger partial charge in [-0.2, -0.15) is 0 Å². The van der Waals surface area contributed by atoms with E-state index >= 15 is 0 Å². The van der Waals surface area contributed by atoms with Crippen molar-refractivity contribution in [1.29, 1.82) is 0 Å². The monoisotopic (exact) mass is 1050 g/mol. The molecule has 0 bridgehead atoms. The van der Waals surface area contributed by atoms with Gasteiger partial charge in [-0.3, -0.25) is 4.79 Å². The molecule has 2 atom stereocenters. The second kappa shape index (κ2) is 55.9. The van der Waals surface area contributed by atoms with Gasteiger partial charge in [0, 0.05) is 18.5 Å². The molecule has 0 saturated heterocycles. The van der Waals surface area contributed by atoms with Crippen LogP contribution in [-0.4, -0.2) is 46.9 Å². The van der Waals surface area contributed by atoms with Gasteiger partial charge >= 0.3 is 103 Å². The third kappa shape index (κ3) is 41.8. The minimum absolute atomic E-state index is 0. The molecule has 2 saturated carbocycles. The van der Waals surface area contributed by atoms with E-state index in [4.69, 9.17) is 25.0 Å². The van der Waals surface area contributed by atoms with E-state index in [1.165, 1.54) is 159 Å². The first-order valence-corrected chi connectivity index (χ1v) is 28.1. The first kappa shape index (κ1) is 72.5. The quantitative estimate of drug-likeness (QED) is 0.0156. The number of phenols is 1. The number of alkyl halides is 1. The van der Waals surface area contributed by atoms with E-state index in [2.05, 4.69) is 88.9 Å². The standard InChI is InChI=1S/C25H42O2.C19H30O.C6H13BrO.CH2O3.CH4.2K.H4P2.H/c1-2-3-4-5-8-11-22-12-14-23(15-13-22)24-16-18-25(19-17-24)27-21-10-7-6-9-20-26;1-2-3-4-5-6-7-16-8-10-17(11-9-16)18-12-14-19(20)15-13-18;7-5-3-1-2-4-6-8;2-1-4-3;;;;1-2;/h16-19,22-23,26H,2-15,20-21H2,1H3;12-17,20H,2-11H2,1H3;8H,1-6H2;1,3H;1H4;;;1-2H2;/q;;;;;2*+1;;-1/p-1. The van der Waals surface area contributed by atoms with Crippen LogP contribution in [0.2, 0.25) is 0 Å². The molecule has 0 spiro atoms. The molecule has 364 valence electrons. The maximum absolute atomic E-state index is 9.36. The Balaban J connectivity index is -0.000000278. The van der Waals surface area contributed by atoms with Gasteiger partial charge in [0.15, 0.2) is 0 Å². The Bertz CT molecular complexity index is 1190. The molecule has 0 heterocycles. The summed E-state index contributed by atoms with van der Waals surface area (Å²) in [6, 6.07) is 16.7. The molecule has 2 aromatic carbocycles. The van der Waals surface area contributed by atoms with Gasteiger partial charge in [0.1, 0.15) is 11.5 Å². The predicted octanol–water partition coefficient (Wildman–Crippen LogP) is 9.06. The van der Waals surface area contributed by atoms with Gasteiger partial charge in [0.2, 0.25) is 0 Å². The summed E-state index contributed by atoms with van der Waals surface area (Å²) in [7, 11) is 4.67. The second-order valence-corrected chi connectivity index (χ2v) is 17.8. The van der Waals surface area contributed by atoms with Gasteiger partial charge < -0.3 is 31.6 Å². The van der Waals surface area contributed by atoms with E-state index in [0.29, 0.717) is 19.0 Å². The Morgan fingerprint density at radius 3 is 1.34 bits per heavy atom. The number of phenolic OH excluding ortho intramolecular Hbond substituents is 1. The summed E-state index contributed by atoms with van der Waals surface area (Å²) in [5.74, 6) is 4.83. The molecular weight excluding hydrogens is 957 g/mol. The minimum atomic E-state index is -0.181. The summed E-state index contributed by atoms with van der Waals surface area (Å²) < 4.78 is 5.86. The SMILES string of the molecule is C.CCCCCCCC1CCC(c2ccc(O)cc2)CC1.CCCCCCCC1CCC(c2ccc(OCCCCCCO)cc2)CC1.O=CO[O-].OCCCCCCBr.PP.[H-].[K+].[K+]. The molecule has 3 N–H and O–H groups in total. The third-order valence-electron chi connectivity index (χ3n) is 12.2. The Labute approximate surface area is 493 Å². The molecule has 2 aromatic rings. The molecule has 7 nitrogen and oxygen atoms in total. The van der Waals surface area contributed by atoms with Crippen molar-refractivity contribution in [3.63, 3.8) is 0 Å². The molecule has 2 unspecified atom stereocenters. The normalized spacial score (nSPS) is 17.2. The van der Waals surface area contributed by atoms with Crippen LogP contribution in [-0.2, 0) is 9.68 Å². The number of unbranched alkanes of at least 4 members (excludes halogenated alkanes) is 14. The van der Waals surface area contributed by atoms with Crippen LogP contribution in [0.25, 0.3) is 0 Å². The molecule has 0 aromatic heterocycles.